The highest BCUT2D eigenvalue weighted by Gasteiger charge is 2.36. The Kier molecular flexibility index (Phi) is 9.58. The number of anilines is 3. The molecule has 9 rings (SSSR count). The molecule has 5 unspecified atom stereocenters. The monoisotopic (exact) mass is 719 g/mol. The summed E-state index contributed by atoms with van der Waals surface area (Å²) >= 11 is 0. The fourth-order valence-electron chi connectivity index (χ4n) is 9.27. The van der Waals surface area contributed by atoms with Crippen molar-refractivity contribution < 1.29 is 14.4 Å². The van der Waals surface area contributed by atoms with Crippen molar-refractivity contribution in [2.24, 2.45) is 29.6 Å². The van der Waals surface area contributed by atoms with Crippen LogP contribution in [0.2, 0.25) is 0 Å². The topological polar surface area (TPSA) is 54.5 Å². The molecule has 4 heteroatoms. The summed E-state index contributed by atoms with van der Waals surface area (Å²) < 4.78 is 0. The molecular formula is C51H45NO3. The fourth-order valence-corrected chi connectivity index (χ4v) is 9.27. The van der Waals surface area contributed by atoms with Gasteiger partial charge in [-0.25, -0.2) is 0 Å². The lowest BCUT2D eigenvalue weighted by Crippen LogP contribution is -2.35. The van der Waals surface area contributed by atoms with E-state index in [2.05, 4.69) is 120 Å². The van der Waals surface area contributed by atoms with E-state index in [1.807, 2.05) is 42.5 Å². The van der Waals surface area contributed by atoms with Gasteiger partial charge < -0.3 is 4.90 Å². The number of aryl methyl sites for hydroxylation is 1. The van der Waals surface area contributed by atoms with Crippen molar-refractivity contribution in [3.8, 4) is 0 Å². The maximum absolute atomic E-state index is 13.4. The van der Waals surface area contributed by atoms with E-state index in [9.17, 15) is 14.4 Å². The molecule has 5 aliphatic rings. The zero-order valence-electron chi connectivity index (χ0n) is 31.0. The number of benzene rings is 4. The van der Waals surface area contributed by atoms with Gasteiger partial charge in [-0.1, -0.05) is 109 Å². The van der Waals surface area contributed by atoms with Crippen LogP contribution in [-0.4, -0.2) is 17.3 Å². The van der Waals surface area contributed by atoms with Gasteiger partial charge in [0, 0.05) is 46.0 Å². The molecule has 4 aromatic rings. The maximum Gasteiger partial charge on any atom is 0.189 e. The van der Waals surface area contributed by atoms with Gasteiger partial charge in [-0.15, -0.1) is 0 Å². The van der Waals surface area contributed by atoms with E-state index in [0.29, 0.717) is 17.6 Å². The van der Waals surface area contributed by atoms with Crippen LogP contribution in [-0.2, 0) is 22.4 Å². The van der Waals surface area contributed by atoms with E-state index in [1.54, 1.807) is 0 Å². The van der Waals surface area contributed by atoms with Gasteiger partial charge >= 0.3 is 0 Å². The standard InChI is InChI=1S/C51H45NO3/c53-49-40(22-19-37-7-1-4-10-46(37)49)31-34-13-25-43(26-14-34)52(44-27-15-35(16-28-44)32-41-23-20-38-8-2-5-11-47(38)50(41)54)45-29-17-36(18-30-45)33-42-24-21-39-9-3-6-12-48(39)51(42)55/h1-18,25-32,37,39,42,46,48H,19-24,33H2/b40-31+,41-32+. The highest BCUT2D eigenvalue weighted by atomic mass is 16.1. The molecule has 0 saturated heterocycles. The molecule has 5 aliphatic carbocycles. The highest BCUT2D eigenvalue weighted by molar-refractivity contribution is 6.13. The van der Waals surface area contributed by atoms with Crippen LogP contribution in [0, 0.1) is 29.6 Å². The van der Waals surface area contributed by atoms with Crippen LogP contribution in [0.3, 0.4) is 0 Å². The van der Waals surface area contributed by atoms with Crippen molar-refractivity contribution in [3.05, 3.63) is 185 Å². The Morgan fingerprint density at radius 2 is 1.13 bits per heavy atom. The predicted octanol–water partition coefficient (Wildman–Crippen LogP) is 11.4. The quantitative estimate of drug-likeness (QED) is 0.178. The number of carbonyl (C=O) groups is 3. The molecule has 0 spiro atoms. The molecule has 5 atom stereocenters. The van der Waals surface area contributed by atoms with Crippen molar-refractivity contribution in [1.82, 2.24) is 0 Å². The Hall–Kier alpha value is -5.87. The molecular weight excluding hydrogens is 675 g/mol. The lowest BCUT2D eigenvalue weighted by molar-refractivity contribution is -0.128. The van der Waals surface area contributed by atoms with Crippen molar-refractivity contribution in [3.63, 3.8) is 0 Å². The smallest absolute Gasteiger partial charge is 0.189 e. The summed E-state index contributed by atoms with van der Waals surface area (Å²) in [5.41, 5.74) is 9.86. The number of carbonyl (C=O) groups excluding carboxylic acids is 3. The largest absolute Gasteiger partial charge is 0.311 e. The Balaban J connectivity index is 0.987. The van der Waals surface area contributed by atoms with Gasteiger partial charge in [0.1, 0.15) is 5.78 Å². The number of hydrogen-bond donors (Lipinski definition) is 0. The first kappa shape index (κ1) is 34.9. The van der Waals surface area contributed by atoms with E-state index in [1.165, 1.54) is 5.56 Å². The van der Waals surface area contributed by atoms with Gasteiger partial charge in [0.15, 0.2) is 11.6 Å². The molecule has 0 aromatic heterocycles. The van der Waals surface area contributed by atoms with Crippen LogP contribution in [0.5, 0.6) is 0 Å². The molecule has 55 heavy (non-hydrogen) atoms. The van der Waals surface area contributed by atoms with Crippen LogP contribution in [0.15, 0.2) is 157 Å². The molecule has 4 nitrogen and oxygen atoms in total. The summed E-state index contributed by atoms with van der Waals surface area (Å²) in [6.45, 7) is 0. The molecule has 2 fully saturated rings. The molecule has 0 bridgehead atoms. The van der Waals surface area contributed by atoms with Gasteiger partial charge in [0.25, 0.3) is 0 Å². The van der Waals surface area contributed by atoms with Crippen LogP contribution in [0.4, 0.5) is 17.1 Å². The Bertz CT molecular complexity index is 2320. The van der Waals surface area contributed by atoms with E-state index in [0.717, 1.165) is 95.4 Å². The molecule has 0 aliphatic heterocycles. The normalized spacial score (nSPS) is 25.5. The summed E-state index contributed by atoms with van der Waals surface area (Å²) in [6.07, 6.45) is 26.9. The van der Waals surface area contributed by atoms with E-state index < -0.39 is 0 Å². The van der Waals surface area contributed by atoms with Gasteiger partial charge in [-0.05, 0) is 133 Å². The van der Waals surface area contributed by atoms with E-state index >= 15 is 0 Å². The van der Waals surface area contributed by atoms with E-state index in [4.69, 9.17) is 0 Å². The number of Topliss-reactive ketones (excluding diaryl/α,β-unsaturated/α-hetero) is 3. The van der Waals surface area contributed by atoms with Crippen molar-refractivity contribution in [2.45, 2.75) is 44.9 Å². The van der Waals surface area contributed by atoms with Crippen LogP contribution in [0.25, 0.3) is 12.2 Å². The zero-order valence-corrected chi connectivity index (χ0v) is 31.0. The highest BCUT2D eigenvalue weighted by Crippen LogP contribution is 2.40. The summed E-state index contributed by atoms with van der Waals surface area (Å²) in [6, 6.07) is 33.4. The minimum atomic E-state index is -0.0530. The SMILES string of the molecule is O=C1/C(=C/c2ccc(N(c3ccc(/C=C4\CCC5C=CC=CC5C4=O)cc3)c3ccc(CC4CCC5C=CC=CC5C4=O)cc3)cc2)CCc2ccccc21. The third kappa shape index (κ3) is 7.10. The van der Waals surface area contributed by atoms with Crippen molar-refractivity contribution >= 4 is 46.6 Å². The lowest BCUT2D eigenvalue weighted by atomic mass is 9.70. The second kappa shape index (κ2) is 15.1. The molecule has 0 radical (unpaired) electrons. The van der Waals surface area contributed by atoms with Gasteiger partial charge in [-0.3, -0.25) is 14.4 Å². The summed E-state index contributed by atoms with van der Waals surface area (Å²) in [5, 5.41) is 0. The van der Waals surface area contributed by atoms with Gasteiger partial charge in [0.2, 0.25) is 0 Å². The van der Waals surface area contributed by atoms with Crippen LogP contribution < -0.4 is 4.90 Å². The summed E-state index contributed by atoms with van der Waals surface area (Å²) in [5.74, 6) is 1.37. The number of hydrogen-bond acceptors (Lipinski definition) is 4. The average molecular weight is 720 g/mol. The Labute approximate surface area is 324 Å². The number of allylic oxidation sites excluding steroid dienone is 10. The van der Waals surface area contributed by atoms with Crippen LogP contribution >= 0.6 is 0 Å². The van der Waals surface area contributed by atoms with Gasteiger partial charge in [-0.2, -0.15) is 0 Å². The third-order valence-corrected chi connectivity index (χ3v) is 12.3. The minimum Gasteiger partial charge on any atom is -0.311 e. The van der Waals surface area contributed by atoms with Crippen LogP contribution in [0.1, 0.15) is 64.7 Å². The molecule has 2 saturated carbocycles. The molecule has 0 amide bonds. The number of ketones is 3. The second-order valence-electron chi connectivity index (χ2n) is 15.7. The number of fused-ring (bicyclic) bond motifs is 3. The fraction of sp³-hybridized carbons (Fsp3) is 0.235. The first-order chi connectivity index (χ1) is 27.0. The zero-order chi connectivity index (χ0) is 37.3. The Morgan fingerprint density at radius 3 is 1.82 bits per heavy atom. The minimum absolute atomic E-state index is 0.0113. The number of nitrogens with zero attached hydrogens (tertiary/aromatic N) is 1. The summed E-state index contributed by atoms with van der Waals surface area (Å²) in [4.78, 5) is 42.3. The first-order valence-electron chi connectivity index (χ1n) is 19.9. The molecule has 0 heterocycles. The molecule has 272 valence electrons. The second-order valence-corrected chi connectivity index (χ2v) is 15.7. The van der Waals surface area contributed by atoms with E-state index in [-0.39, 0.29) is 29.3 Å². The predicted molar refractivity (Wildman–Crippen MR) is 222 cm³/mol. The van der Waals surface area contributed by atoms with Gasteiger partial charge in [0.05, 0.1) is 0 Å². The lowest BCUT2D eigenvalue weighted by Gasteiger charge is -2.33. The summed E-state index contributed by atoms with van der Waals surface area (Å²) in [7, 11) is 0. The third-order valence-electron chi connectivity index (χ3n) is 12.3. The molecule has 0 N–H and O–H groups in total. The average Bonchev–Trinajstić information content (AvgIpc) is 3.23. The maximum atomic E-state index is 13.4. The Morgan fingerprint density at radius 1 is 0.545 bits per heavy atom. The van der Waals surface area contributed by atoms with Crippen molar-refractivity contribution in [2.75, 3.05) is 4.90 Å². The first-order valence-corrected chi connectivity index (χ1v) is 19.9. The number of rotatable bonds is 7. The van der Waals surface area contributed by atoms with Crippen molar-refractivity contribution in [1.29, 1.82) is 0 Å². The molecule has 4 aromatic carbocycles.